The molecule has 3 rings (SSSR count). The van der Waals surface area contributed by atoms with Crippen LogP contribution in [0.15, 0.2) is 54.6 Å². The van der Waals surface area contributed by atoms with Crippen molar-refractivity contribution in [2.75, 3.05) is 0 Å². The minimum Gasteiger partial charge on any atom is -0.0622 e. The van der Waals surface area contributed by atoms with Crippen LogP contribution in [0.25, 0.3) is 0 Å². The van der Waals surface area contributed by atoms with Crippen molar-refractivity contribution in [2.24, 2.45) is 5.92 Å². The van der Waals surface area contributed by atoms with Crippen LogP contribution in [0.2, 0.25) is 0 Å². The van der Waals surface area contributed by atoms with Gasteiger partial charge in [0.15, 0.2) is 0 Å². The molecule has 0 spiro atoms. The molecule has 0 N–H and O–H groups in total. The lowest BCUT2D eigenvalue weighted by Crippen LogP contribution is -2.10. The second kappa shape index (κ2) is 5.83. The van der Waals surface area contributed by atoms with Crippen LogP contribution in [0, 0.1) is 11.8 Å². The number of hydrogen-bond donors (Lipinski definition) is 0. The first-order valence-corrected chi connectivity index (χ1v) is 7.74. The van der Waals surface area contributed by atoms with Crippen LogP contribution >= 0.6 is 0 Å². The molecule has 2 aromatic carbocycles. The first-order chi connectivity index (χ1) is 9.75. The molecule has 0 amide bonds. The Bertz CT molecular complexity index is 549. The van der Waals surface area contributed by atoms with Gasteiger partial charge in [-0.1, -0.05) is 68.4 Å². The molecule has 103 valence electrons. The Morgan fingerprint density at radius 3 is 2.25 bits per heavy atom. The van der Waals surface area contributed by atoms with E-state index in [4.69, 9.17) is 0 Å². The van der Waals surface area contributed by atoms with Crippen molar-refractivity contribution in [1.29, 1.82) is 0 Å². The Morgan fingerprint density at radius 2 is 1.60 bits per heavy atom. The summed E-state index contributed by atoms with van der Waals surface area (Å²) in [6.07, 6.45) is 3.85. The predicted molar refractivity (Wildman–Crippen MR) is 85.7 cm³/mol. The predicted octanol–water partition coefficient (Wildman–Crippen LogP) is 5.39. The number of benzene rings is 2. The van der Waals surface area contributed by atoms with E-state index in [1.54, 1.807) is 5.92 Å². The van der Waals surface area contributed by atoms with Gasteiger partial charge in [0.05, 0.1) is 0 Å². The fourth-order valence-corrected chi connectivity index (χ4v) is 3.00. The van der Waals surface area contributed by atoms with E-state index in [1.165, 1.54) is 29.5 Å². The largest absolute Gasteiger partial charge is 0.0622 e. The normalized spacial score (nSPS) is 15.0. The second-order valence-corrected chi connectivity index (χ2v) is 6.20. The van der Waals surface area contributed by atoms with Gasteiger partial charge in [-0.3, -0.25) is 0 Å². The average Bonchev–Trinajstić information content (AvgIpc) is 3.30. The zero-order chi connectivity index (χ0) is 13.9. The van der Waals surface area contributed by atoms with Crippen molar-refractivity contribution >= 4 is 0 Å². The third-order valence-electron chi connectivity index (χ3n) is 4.24. The summed E-state index contributed by atoms with van der Waals surface area (Å²) in [5.41, 5.74) is 4.45. The lowest BCUT2D eigenvalue weighted by atomic mass is 9.82. The lowest BCUT2D eigenvalue weighted by molar-refractivity contribution is 0.774. The van der Waals surface area contributed by atoms with Crippen LogP contribution in [0.4, 0.5) is 0 Å². The van der Waals surface area contributed by atoms with Gasteiger partial charge >= 0.3 is 0 Å². The molecule has 0 heteroatoms. The maximum Gasteiger partial charge on any atom is 0.0127 e. The second-order valence-electron chi connectivity index (χ2n) is 6.20. The van der Waals surface area contributed by atoms with Gasteiger partial charge in [-0.05, 0) is 47.8 Å². The molecular formula is C20H23. The van der Waals surface area contributed by atoms with Crippen LogP contribution < -0.4 is 0 Å². The third kappa shape index (κ3) is 2.95. The highest BCUT2D eigenvalue weighted by Crippen LogP contribution is 2.45. The first kappa shape index (κ1) is 13.4. The van der Waals surface area contributed by atoms with E-state index < -0.39 is 0 Å². The molecular weight excluding hydrogens is 240 g/mol. The average molecular weight is 263 g/mol. The Hall–Kier alpha value is -1.56. The van der Waals surface area contributed by atoms with Gasteiger partial charge in [-0.25, -0.2) is 0 Å². The van der Waals surface area contributed by atoms with E-state index in [0.717, 1.165) is 12.3 Å². The molecule has 0 unspecified atom stereocenters. The smallest absolute Gasteiger partial charge is 0.0127 e. The van der Waals surface area contributed by atoms with E-state index in [2.05, 4.69) is 68.4 Å². The van der Waals surface area contributed by atoms with E-state index in [0.29, 0.717) is 5.92 Å². The molecule has 20 heavy (non-hydrogen) atoms. The van der Waals surface area contributed by atoms with Crippen LogP contribution in [-0.2, 0) is 6.42 Å². The monoisotopic (exact) mass is 263 g/mol. The summed E-state index contributed by atoms with van der Waals surface area (Å²) in [6.45, 7) is 4.59. The van der Waals surface area contributed by atoms with E-state index >= 15 is 0 Å². The summed E-state index contributed by atoms with van der Waals surface area (Å²) >= 11 is 0. The highest BCUT2D eigenvalue weighted by molar-refractivity contribution is 5.44. The van der Waals surface area contributed by atoms with E-state index in [-0.39, 0.29) is 0 Å². The third-order valence-corrected chi connectivity index (χ3v) is 4.24. The SMILES string of the molecule is CC(C)c1ccccc1[C](Cc1ccccc1)C1CC1. The van der Waals surface area contributed by atoms with Gasteiger partial charge in [0.25, 0.3) is 0 Å². The Balaban J connectivity index is 1.91. The zero-order valence-corrected chi connectivity index (χ0v) is 12.5. The molecule has 2 aromatic rings. The van der Waals surface area contributed by atoms with Crippen molar-refractivity contribution < 1.29 is 0 Å². The standard InChI is InChI=1S/C20H23/c1-15(2)18-10-6-7-11-19(18)20(17-12-13-17)14-16-8-4-3-5-9-16/h3-11,15,17H,12-14H2,1-2H3. The summed E-state index contributed by atoms with van der Waals surface area (Å²) < 4.78 is 0. The topological polar surface area (TPSA) is 0 Å². The van der Waals surface area contributed by atoms with Gasteiger partial charge in [0.1, 0.15) is 0 Å². The number of rotatable bonds is 5. The molecule has 1 aliphatic carbocycles. The first-order valence-electron chi connectivity index (χ1n) is 7.74. The molecule has 1 radical (unpaired) electrons. The van der Waals surface area contributed by atoms with Gasteiger partial charge in [-0.15, -0.1) is 0 Å². The molecule has 0 saturated heterocycles. The zero-order valence-electron chi connectivity index (χ0n) is 12.5. The summed E-state index contributed by atoms with van der Waals surface area (Å²) in [4.78, 5) is 0. The van der Waals surface area contributed by atoms with Gasteiger partial charge < -0.3 is 0 Å². The van der Waals surface area contributed by atoms with Gasteiger partial charge in [0.2, 0.25) is 0 Å². The maximum atomic E-state index is 2.33. The van der Waals surface area contributed by atoms with Crippen LogP contribution in [-0.4, -0.2) is 0 Å². The Morgan fingerprint density at radius 1 is 0.950 bits per heavy atom. The summed E-state index contributed by atoms with van der Waals surface area (Å²) in [6, 6.07) is 19.9. The minimum absolute atomic E-state index is 0.593. The Kier molecular flexibility index (Phi) is 3.91. The summed E-state index contributed by atoms with van der Waals surface area (Å²) in [5.74, 6) is 3.06. The molecule has 0 nitrogen and oxygen atoms in total. The summed E-state index contributed by atoms with van der Waals surface area (Å²) in [5, 5.41) is 0. The highest BCUT2D eigenvalue weighted by Gasteiger charge is 2.34. The fourth-order valence-electron chi connectivity index (χ4n) is 3.00. The van der Waals surface area contributed by atoms with Crippen molar-refractivity contribution in [3.63, 3.8) is 0 Å². The van der Waals surface area contributed by atoms with Crippen LogP contribution in [0.5, 0.6) is 0 Å². The molecule has 0 atom stereocenters. The maximum absolute atomic E-state index is 2.33. The van der Waals surface area contributed by atoms with Crippen molar-refractivity contribution in [3.8, 4) is 0 Å². The van der Waals surface area contributed by atoms with Crippen molar-refractivity contribution in [3.05, 3.63) is 77.2 Å². The lowest BCUT2D eigenvalue weighted by Gasteiger charge is -2.21. The van der Waals surface area contributed by atoms with Gasteiger partial charge in [-0.2, -0.15) is 0 Å². The molecule has 1 fully saturated rings. The van der Waals surface area contributed by atoms with Crippen molar-refractivity contribution in [1.82, 2.24) is 0 Å². The quantitative estimate of drug-likeness (QED) is 0.679. The fraction of sp³-hybridized carbons (Fsp3) is 0.350. The molecule has 0 bridgehead atoms. The van der Waals surface area contributed by atoms with Crippen molar-refractivity contribution in [2.45, 2.75) is 39.0 Å². The van der Waals surface area contributed by atoms with Crippen LogP contribution in [0.1, 0.15) is 49.3 Å². The molecule has 1 saturated carbocycles. The summed E-state index contributed by atoms with van der Waals surface area (Å²) in [7, 11) is 0. The highest BCUT2D eigenvalue weighted by atomic mass is 14.4. The Labute approximate surface area is 122 Å². The van der Waals surface area contributed by atoms with Gasteiger partial charge in [0, 0.05) is 5.92 Å². The van der Waals surface area contributed by atoms with E-state index in [9.17, 15) is 0 Å². The molecule has 1 aliphatic rings. The number of hydrogen-bond acceptors (Lipinski definition) is 0. The van der Waals surface area contributed by atoms with Crippen LogP contribution in [0.3, 0.4) is 0 Å². The minimum atomic E-state index is 0.593. The van der Waals surface area contributed by atoms with E-state index in [1.807, 2.05) is 0 Å². The molecule has 0 aromatic heterocycles. The molecule has 0 heterocycles. The molecule has 0 aliphatic heterocycles.